The van der Waals surface area contributed by atoms with E-state index in [4.69, 9.17) is 0 Å². The van der Waals surface area contributed by atoms with Crippen LogP contribution in [0, 0.1) is 0 Å². The van der Waals surface area contributed by atoms with Gasteiger partial charge in [-0.15, -0.1) is 0 Å². The molecule has 0 spiro atoms. The van der Waals surface area contributed by atoms with Gasteiger partial charge in [-0.3, -0.25) is 4.98 Å². The first kappa shape index (κ1) is 14.4. The molecule has 17 heavy (non-hydrogen) atoms. The van der Waals surface area contributed by atoms with Crippen LogP contribution >= 0.6 is 15.9 Å². The highest BCUT2D eigenvalue weighted by molar-refractivity contribution is 9.10. The summed E-state index contributed by atoms with van der Waals surface area (Å²) in [5, 5.41) is 3.50. The Morgan fingerprint density at radius 1 is 1.41 bits per heavy atom. The van der Waals surface area contributed by atoms with Gasteiger partial charge in [0.05, 0.1) is 5.69 Å². The minimum absolute atomic E-state index is 0.154. The summed E-state index contributed by atoms with van der Waals surface area (Å²) in [5.41, 5.74) is 2.54. The van der Waals surface area contributed by atoms with Crippen LogP contribution in [0.3, 0.4) is 0 Å². The second-order valence-electron chi connectivity index (χ2n) is 5.16. The molecular formula is C14H21BrN2. The SMILES string of the molecule is CC/C(=C/c1ccc(Br)cn1)CNC(C)(C)C. The van der Waals surface area contributed by atoms with E-state index in [1.165, 1.54) is 5.57 Å². The summed E-state index contributed by atoms with van der Waals surface area (Å²) in [6, 6.07) is 4.04. The number of hydrogen-bond acceptors (Lipinski definition) is 2. The third kappa shape index (κ3) is 5.99. The molecule has 94 valence electrons. The third-order valence-electron chi connectivity index (χ3n) is 2.40. The zero-order chi connectivity index (χ0) is 12.9. The highest BCUT2D eigenvalue weighted by Gasteiger charge is 2.08. The van der Waals surface area contributed by atoms with E-state index in [1.54, 1.807) is 0 Å². The molecule has 0 saturated carbocycles. The molecule has 0 aliphatic rings. The van der Waals surface area contributed by atoms with Crippen molar-refractivity contribution in [2.75, 3.05) is 6.54 Å². The van der Waals surface area contributed by atoms with Crippen molar-refractivity contribution in [2.24, 2.45) is 0 Å². The van der Waals surface area contributed by atoms with Gasteiger partial charge in [0.25, 0.3) is 0 Å². The van der Waals surface area contributed by atoms with Crippen molar-refractivity contribution in [1.29, 1.82) is 0 Å². The monoisotopic (exact) mass is 296 g/mol. The van der Waals surface area contributed by atoms with E-state index < -0.39 is 0 Å². The molecule has 0 saturated heterocycles. The fourth-order valence-electron chi connectivity index (χ4n) is 1.34. The van der Waals surface area contributed by atoms with Crippen LogP contribution in [-0.4, -0.2) is 17.1 Å². The van der Waals surface area contributed by atoms with Crippen molar-refractivity contribution in [3.63, 3.8) is 0 Å². The predicted octanol–water partition coefficient (Wildman–Crippen LogP) is 4.03. The molecule has 0 unspecified atom stereocenters. The lowest BCUT2D eigenvalue weighted by molar-refractivity contribution is 0.443. The van der Waals surface area contributed by atoms with Gasteiger partial charge < -0.3 is 5.32 Å². The average Bonchev–Trinajstić information content (AvgIpc) is 2.25. The molecule has 3 heteroatoms. The quantitative estimate of drug-likeness (QED) is 0.907. The minimum Gasteiger partial charge on any atom is -0.308 e. The Morgan fingerprint density at radius 2 is 2.12 bits per heavy atom. The molecule has 0 aliphatic carbocycles. The van der Waals surface area contributed by atoms with Crippen molar-refractivity contribution >= 4 is 22.0 Å². The summed E-state index contributed by atoms with van der Waals surface area (Å²) in [5.74, 6) is 0. The van der Waals surface area contributed by atoms with Crippen molar-refractivity contribution in [1.82, 2.24) is 10.3 Å². The largest absolute Gasteiger partial charge is 0.308 e. The summed E-state index contributed by atoms with van der Waals surface area (Å²) >= 11 is 3.39. The van der Waals surface area contributed by atoms with Gasteiger partial charge in [-0.05, 0) is 61.3 Å². The highest BCUT2D eigenvalue weighted by Crippen LogP contribution is 2.12. The Kier molecular flexibility index (Phi) is 5.34. The van der Waals surface area contributed by atoms with Crippen LogP contribution in [0.5, 0.6) is 0 Å². The van der Waals surface area contributed by atoms with Crippen molar-refractivity contribution in [2.45, 2.75) is 39.7 Å². The zero-order valence-electron chi connectivity index (χ0n) is 11.0. The molecule has 0 aliphatic heterocycles. The maximum Gasteiger partial charge on any atom is 0.0630 e. The van der Waals surface area contributed by atoms with Crippen LogP contribution in [0.15, 0.2) is 28.4 Å². The van der Waals surface area contributed by atoms with E-state index in [1.807, 2.05) is 18.3 Å². The van der Waals surface area contributed by atoms with E-state index >= 15 is 0 Å². The number of nitrogens with zero attached hydrogens (tertiary/aromatic N) is 1. The molecule has 1 rings (SSSR count). The van der Waals surface area contributed by atoms with E-state index in [0.717, 1.165) is 23.1 Å². The fraction of sp³-hybridized carbons (Fsp3) is 0.500. The van der Waals surface area contributed by atoms with Gasteiger partial charge in [0.1, 0.15) is 0 Å². The van der Waals surface area contributed by atoms with Crippen molar-refractivity contribution in [3.05, 3.63) is 34.1 Å². The maximum absolute atomic E-state index is 4.36. The van der Waals surface area contributed by atoms with Crippen LogP contribution in [-0.2, 0) is 0 Å². The summed E-state index contributed by atoms with van der Waals surface area (Å²) in [7, 11) is 0. The Hall–Kier alpha value is -0.670. The highest BCUT2D eigenvalue weighted by atomic mass is 79.9. The van der Waals surface area contributed by atoms with Gasteiger partial charge in [-0.25, -0.2) is 0 Å². The lowest BCUT2D eigenvalue weighted by Crippen LogP contribution is -2.36. The van der Waals surface area contributed by atoms with Crippen LogP contribution < -0.4 is 5.32 Å². The van der Waals surface area contributed by atoms with E-state index in [9.17, 15) is 0 Å². The second-order valence-corrected chi connectivity index (χ2v) is 6.08. The van der Waals surface area contributed by atoms with E-state index in [-0.39, 0.29) is 5.54 Å². The molecule has 0 aromatic carbocycles. The molecular weight excluding hydrogens is 276 g/mol. The predicted molar refractivity (Wildman–Crippen MR) is 78.0 cm³/mol. The smallest absolute Gasteiger partial charge is 0.0630 e. The number of hydrogen-bond donors (Lipinski definition) is 1. The van der Waals surface area contributed by atoms with Crippen molar-refractivity contribution < 1.29 is 0 Å². The average molecular weight is 297 g/mol. The minimum atomic E-state index is 0.154. The third-order valence-corrected chi connectivity index (χ3v) is 2.87. The molecule has 0 atom stereocenters. The summed E-state index contributed by atoms with van der Waals surface area (Å²) in [4.78, 5) is 4.36. The number of aromatic nitrogens is 1. The first-order valence-corrected chi connectivity index (χ1v) is 6.76. The molecule has 1 N–H and O–H groups in total. The molecule has 2 nitrogen and oxygen atoms in total. The number of nitrogens with one attached hydrogen (secondary N) is 1. The first-order chi connectivity index (χ1) is 7.90. The van der Waals surface area contributed by atoms with Gasteiger partial charge in [-0.2, -0.15) is 0 Å². The van der Waals surface area contributed by atoms with Gasteiger partial charge in [-0.1, -0.05) is 12.5 Å². The maximum atomic E-state index is 4.36. The van der Waals surface area contributed by atoms with Crippen LogP contribution in [0.4, 0.5) is 0 Å². The topological polar surface area (TPSA) is 24.9 Å². The molecule has 1 aromatic rings. The van der Waals surface area contributed by atoms with Gasteiger partial charge in [0.2, 0.25) is 0 Å². The summed E-state index contributed by atoms with van der Waals surface area (Å²) in [6.45, 7) is 9.63. The number of halogens is 1. The molecule has 0 bridgehead atoms. The Morgan fingerprint density at radius 3 is 2.59 bits per heavy atom. The first-order valence-electron chi connectivity index (χ1n) is 5.97. The number of pyridine rings is 1. The zero-order valence-corrected chi connectivity index (χ0v) is 12.6. The van der Waals surface area contributed by atoms with E-state index in [0.29, 0.717) is 0 Å². The standard InChI is InChI=1S/C14H21BrN2/c1-5-11(9-17-14(2,3)4)8-13-7-6-12(15)10-16-13/h6-8,10,17H,5,9H2,1-4H3/b11-8-. The van der Waals surface area contributed by atoms with Crippen LogP contribution in [0.25, 0.3) is 6.08 Å². The van der Waals surface area contributed by atoms with Crippen LogP contribution in [0.1, 0.15) is 39.8 Å². The van der Waals surface area contributed by atoms with Gasteiger partial charge >= 0.3 is 0 Å². The molecule has 0 radical (unpaired) electrons. The van der Waals surface area contributed by atoms with Gasteiger partial charge in [0, 0.05) is 22.8 Å². The Bertz CT molecular complexity index is 374. The summed E-state index contributed by atoms with van der Waals surface area (Å²) in [6.07, 6.45) is 5.03. The Balaban J connectivity index is 2.69. The molecule has 1 aromatic heterocycles. The van der Waals surface area contributed by atoms with Crippen molar-refractivity contribution in [3.8, 4) is 0 Å². The van der Waals surface area contributed by atoms with E-state index in [2.05, 4.69) is 60.0 Å². The Labute approximate surface area is 113 Å². The number of rotatable bonds is 4. The lowest BCUT2D eigenvalue weighted by atomic mass is 10.1. The normalized spacial score (nSPS) is 12.9. The molecule has 0 fully saturated rings. The van der Waals surface area contributed by atoms with Gasteiger partial charge in [0.15, 0.2) is 0 Å². The molecule has 1 heterocycles. The molecule has 0 amide bonds. The lowest BCUT2D eigenvalue weighted by Gasteiger charge is -2.21. The second kappa shape index (κ2) is 6.31. The summed E-state index contributed by atoms with van der Waals surface area (Å²) < 4.78 is 1.01. The van der Waals surface area contributed by atoms with Crippen LogP contribution in [0.2, 0.25) is 0 Å². The fourth-order valence-corrected chi connectivity index (χ4v) is 1.57.